The molecule has 0 aliphatic heterocycles. The van der Waals surface area contributed by atoms with Crippen molar-refractivity contribution in [1.82, 2.24) is 0 Å². The Hall–Kier alpha value is -1.42. The lowest BCUT2D eigenvalue weighted by Crippen LogP contribution is -2.45. The first-order chi connectivity index (χ1) is 7.23. The quantitative estimate of drug-likeness (QED) is 0.590. The lowest BCUT2D eigenvalue weighted by molar-refractivity contribution is -0.249. The Morgan fingerprint density at radius 2 is 1.24 bits per heavy atom. The van der Waals surface area contributed by atoms with Crippen LogP contribution in [0.25, 0.3) is 0 Å². The van der Waals surface area contributed by atoms with Crippen LogP contribution in [0, 0.1) is 5.41 Å². The van der Waals surface area contributed by atoms with Gasteiger partial charge in [-0.05, 0) is 0 Å². The van der Waals surface area contributed by atoms with Gasteiger partial charge in [-0.3, -0.25) is 5.41 Å². The number of nitrogens with two attached hydrogens (primary N) is 1. The Labute approximate surface area is 87.4 Å². The lowest BCUT2D eigenvalue weighted by Gasteiger charge is -2.20. The minimum Gasteiger partial charge on any atom is -0.392 e. The molecule has 0 aromatic carbocycles. The molecule has 0 unspecified atom stereocenters. The Kier molecular flexibility index (Phi) is 3.77. The number of rotatable bonds is 2. The van der Waals surface area contributed by atoms with E-state index in [4.69, 9.17) is 5.41 Å². The second kappa shape index (κ2) is 4.11. The molecule has 11 heteroatoms. The van der Waals surface area contributed by atoms with Crippen LogP contribution >= 0.6 is 0 Å². The molecule has 3 N–H and O–H groups in total. The fraction of sp³-hybridized carbons (Fsp3) is 0.500. The number of nitrogens with one attached hydrogen (secondary N) is 1. The van der Waals surface area contributed by atoms with Gasteiger partial charge in [-0.15, -0.1) is 0 Å². The van der Waals surface area contributed by atoms with Gasteiger partial charge in [0.25, 0.3) is 0 Å². The highest BCUT2D eigenvalue weighted by Crippen LogP contribution is 2.39. The van der Waals surface area contributed by atoms with Gasteiger partial charge in [0.05, 0.1) is 0 Å². The molecule has 0 heterocycles. The largest absolute Gasteiger partial charge is 0.459 e. The van der Waals surface area contributed by atoms with Crippen LogP contribution in [0.2, 0.25) is 0 Å². The van der Waals surface area contributed by atoms with E-state index in [0.29, 0.717) is 0 Å². The normalized spacial score (nSPS) is 15.6. The van der Waals surface area contributed by atoms with Crippen molar-refractivity contribution in [2.75, 3.05) is 0 Å². The summed E-state index contributed by atoms with van der Waals surface area (Å²) in [5.74, 6) is -9.23. The molecular formula is C6H3F9N2. The summed E-state index contributed by atoms with van der Waals surface area (Å²) in [4.78, 5) is 0. The molecule has 0 saturated carbocycles. The van der Waals surface area contributed by atoms with Crippen LogP contribution in [-0.4, -0.2) is 24.0 Å². The van der Waals surface area contributed by atoms with E-state index in [1.165, 1.54) is 0 Å². The molecule has 0 spiro atoms. The molecule has 0 rings (SSSR count). The molecule has 0 amide bonds. The third-order valence-corrected chi connectivity index (χ3v) is 1.43. The van der Waals surface area contributed by atoms with E-state index in [0.717, 1.165) is 0 Å². The van der Waals surface area contributed by atoms with E-state index in [-0.39, 0.29) is 0 Å². The minimum absolute atomic E-state index is 2.83. The highest BCUT2D eigenvalue weighted by atomic mass is 19.4. The molecule has 0 saturated heterocycles. The number of alkyl halides is 8. The Balaban J connectivity index is 5.51. The van der Waals surface area contributed by atoms with Crippen molar-refractivity contribution >= 4 is 5.71 Å². The number of halogens is 9. The fourth-order valence-corrected chi connectivity index (χ4v) is 0.539. The van der Waals surface area contributed by atoms with Crippen LogP contribution in [0.5, 0.6) is 0 Å². The van der Waals surface area contributed by atoms with Gasteiger partial charge < -0.3 is 5.73 Å². The van der Waals surface area contributed by atoms with Crippen molar-refractivity contribution in [3.05, 3.63) is 11.5 Å². The van der Waals surface area contributed by atoms with Gasteiger partial charge in [0, 0.05) is 0 Å². The van der Waals surface area contributed by atoms with Gasteiger partial charge in [0.2, 0.25) is 0 Å². The highest BCUT2D eigenvalue weighted by Gasteiger charge is 2.62. The molecular weight excluding hydrogens is 271 g/mol. The second-order valence-corrected chi connectivity index (χ2v) is 2.67. The Bertz CT molecular complexity index is 347. The Morgan fingerprint density at radius 1 is 0.882 bits per heavy atom. The summed E-state index contributed by atoms with van der Waals surface area (Å²) in [6.07, 6.45) is -12.1. The number of hydrogen-bond donors (Lipinski definition) is 2. The number of hydrogen-bond acceptors (Lipinski definition) is 2. The predicted molar refractivity (Wildman–Crippen MR) is 37.1 cm³/mol. The van der Waals surface area contributed by atoms with E-state index in [1.807, 2.05) is 0 Å². The summed E-state index contributed by atoms with van der Waals surface area (Å²) in [5.41, 5.74) is -2.05. The van der Waals surface area contributed by atoms with Crippen molar-refractivity contribution < 1.29 is 39.5 Å². The molecule has 0 aromatic heterocycles. The van der Waals surface area contributed by atoms with Gasteiger partial charge in [-0.2, -0.15) is 35.1 Å². The van der Waals surface area contributed by atoms with Crippen LogP contribution in [0.1, 0.15) is 0 Å². The first-order valence-corrected chi connectivity index (χ1v) is 3.49. The summed E-state index contributed by atoms with van der Waals surface area (Å²) in [6.45, 7) is 0. The third-order valence-electron chi connectivity index (χ3n) is 1.43. The van der Waals surface area contributed by atoms with Crippen LogP contribution in [0.4, 0.5) is 39.5 Å². The molecule has 0 aliphatic rings. The van der Waals surface area contributed by atoms with Crippen LogP contribution in [0.3, 0.4) is 0 Å². The molecule has 0 aromatic rings. The second-order valence-electron chi connectivity index (χ2n) is 2.67. The van der Waals surface area contributed by atoms with Crippen LogP contribution < -0.4 is 5.73 Å². The Morgan fingerprint density at radius 3 is 1.47 bits per heavy atom. The van der Waals surface area contributed by atoms with Gasteiger partial charge in [0.15, 0.2) is 11.5 Å². The van der Waals surface area contributed by atoms with Crippen molar-refractivity contribution in [2.24, 2.45) is 5.73 Å². The fourth-order valence-electron chi connectivity index (χ4n) is 0.539. The summed E-state index contributed by atoms with van der Waals surface area (Å²) in [5, 5.41) is 6.08. The zero-order valence-electron chi connectivity index (χ0n) is 7.48. The zero-order chi connectivity index (χ0) is 14.2. The van der Waals surface area contributed by atoms with E-state index in [2.05, 4.69) is 5.73 Å². The summed E-state index contributed by atoms with van der Waals surface area (Å²) < 4.78 is 107. The lowest BCUT2D eigenvalue weighted by atomic mass is 10.1. The van der Waals surface area contributed by atoms with Crippen molar-refractivity contribution in [1.29, 1.82) is 5.41 Å². The maximum Gasteiger partial charge on any atom is 0.459 e. The molecule has 0 fully saturated rings. The van der Waals surface area contributed by atoms with Gasteiger partial charge in [-0.25, -0.2) is 4.39 Å². The molecule has 0 aliphatic carbocycles. The molecule has 0 bridgehead atoms. The van der Waals surface area contributed by atoms with E-state index < -0.39 is 35.5 Å². The third kappa shape index (κ3) is 3.03. The first-order valence-electron chi connectivity index (χ1n) is 3.49. The van der Waals surface area contributed by atoms with Gasteiger partial charge in [-0.1, -0.05) is 0 Å². The maximum atomic E-state index is 12.5. The van der Waals surface area contributed by atoms with Crippen molar-refractivity contribution in [3.63, 3.8) is 0 Å². The predicted octanol–water partition coefficient (Wildman–Crippen LogP) is 2.91. The first kappa shape index (κ1) is 15.6. The molecule has 17 heavy (non-hydrogen) atoms. The average Bonchev–Trinajstić information content (AvgIpc) is 2.10. The number of allylic oxidation sites excluding steroid dienone is 2. The molecule has 2 nitrogen and oxygen atoms in total. The topological polar surface area (TPSA) is 49.9 Å². The molecule has 0 radical (unpaired) electrons. The monoisotopic (exact) mass is 274 g/mol. The van der Waals surface area contributed by atoms with Crippen LogP contribution in [0.15, 0.2) is 11.5 Å². The maximum absolute atomic E-state index is 12.5. The van der Waals surface area contributed by atoms with E-state index >= 15 is 0 Å². The van der Waals surface area contributed by atoms with Gasteiger partial charge in [0.1, 0.15) is 5.71 Å². The van der Waals surface area contributed by atoms with E-state index in [9.17, 15) is 39.5 Å². The van der Waals surface area contributed by atoms with Crippen LogP contribution in [-0.2, 0) is 0 Å². The molecule has 100 valence electrons. The van der Waals surface area contributed by atoms with Crippen molar-refractivity contribution in [2.45, 2.75) is 18.3 Å². The minimum atomic E-state index is -6.40. The highest BCUT2D eigenvalue weighted by molar-refractivity contribution is 6.02. The average molecular weight is 274 g/mol. The standard InChI is InChI=1S/C6H3F9N2/c7-1(3(17)5(10,11)12)2(16)4(8,9)6(13,14)15/h16H,17H2/b3-1+,16-2?. The summed E-state index contributed by atoms with van der Waals surface area (Å²) in [6, 6.07) is 0. The summed E-state index contributed by atoms with van der Waals surface area (Å²) >= 11 is 0. The summed E-state index contributed by atoms with van der Waals surface area (Å²) in [7, 11) is 0. The molecule has 0 atom stereocenters. The van der Waals surface area contributed by atoms with E-state index in [1.54, 1.807) is 0 Å². The van der Waals surface area contributed by atoms with Crippen molar-refractivity contribution in [3.8, 4) is 0 Å². The van der Waals surface area contributed by atoms with Gasteiger partial charge >= 0.3 is 18.3 Å². The zero-order valence-corrected chi connectivity index (χ0v) is 7.48. The smallest absolute Gasteiger partial charge is 0.392 e. The SMILES string of the molecule is N=C(/C(F)=C(\N)C(F)(F)F)C(F)(F)C(F)(F)F.